The zero-order chi connectivity index (χ0) is 31.5. The van der Waals surface area contributed by atoms with Crippen LogP contribution in [0.1, 0.15) is 26.2 Å². The van der Waals surface area contributed by atoms with Crippen LogP contribution in [-0.2, 0) is 24.8 Å². The summed E-state index contributed by atoms with van der Waals surface area (Å²) in [6, 6.07) is 7.65. The molecule has 3 aliphatic heterocycles. The number of sulfonamides is 2. The van der Waals surface area contributed by atoms with Gasteiger partial charge in [-0.2, -0.15) is 9.29 Å². The van der Waals surface area contributed by atoms with Gasteiger partial charge in [0.2, 0.25) is 31.8 Å². The summed E-state index contributed by atoms with van der Waals surface area (Å²) in [4.78, 5) is 6.43. The van der Waals surface area contributed by atoms with Crippen molar-refractivity contribution in [2.75, 3.05) is 71.6 Å². The number of aliphatic hydroxyl groups is 1. The Balaban J connectivity index is 1.13. The van der Waals surface area contributed by atoms with Gasteiger partial charge < -0.3 is 34.3 Å². The van der Waals surface area contributed by atoms with Crippen molar-refractivity contribution in [2.45, 2.75) is 53.7 Å². The minimum atomic E-state index is -3.89. The van der Waals surface area contributed by atoms with Crippen molar-refractivity contribution in [3.63, 3.8) is 0 Å². The molecule has 4 heterocycles. The number of likely N-dealkylation sites (N-methyl/N-ethyl adjacent to an activating group) is 1. The predicted molar refractivity (Wildman–Crippen MR) is 161 cm³/mol. The summed E-state index contributed by atoms with van der Waals surface area (Å²) < 4.78 is 78.4. The summed E-state index contributed by atoms with van der Waals surface area (Å²) in [6.07, 6.45) is 0.920. The molecule has 244 valence electrons. The van der Waals surface area contributed by atoms with Crippen LogP contribution < -0.4 is 29.1 Å². The third-order valence-corrected chi connectivity index (χ3v) is 11.5. The molecule has 2 atom stereocenters. The van der Waals surface area contributed by atoms with Crippen LogP contribution in [0.4, 0.5) is 5.69 Å². The number of pyridine rings is 1. The molecular formula is C28H41N5O9S2. The van der Waals surface area contributed by atoms with Gasteiger partial charge in [0.15, 0.2) is 0 Å². The Labute approximate surface area is 258 Å². The number of aliphatic hydroxyl groups excluding tert-OH is 1. The highest BCUT2D eigenvalue weighted by atomic mass is 32.2. The molecule has 16 heteroatoms. The number of hydrogen-bond donors (Lipinski definition) is 3. The van der Waals surface area contributed by atoms with E-state index in [9.17, 15) is 21.9 Å². The van der Waals surface area contributed by atoms with Gasteiger partial charge in [-0.3, -0.25) is 0 Å². The van der Waals surface area contributed by atoms with E-state index in [1.165, 1.54) is 23.5 Å². The van der Waals surface area contributed by atoms with Gasteiger partial charge >= 0.3 is 0 Å². The molecule has 5 rings (SSSR count). The first kappa shape index (κ1) is 32.7. The van der Waals surface area contributed by atoms with E-state index in [-0.39, 0.29) is 41.5 Å². The fraction of sp³-hybridized carbons (Fsp3) is 0.607. The number of rotatable bonds is 12. The van der Waals surface area contributed by atoms with Crippen molar-refractivity contribution in [1.82, 2.24) is 19.3 Å². The summed E-state index contributed by atoms with van der Waals surface area (Å²) in [5, 5.41) is 13.8. The van der Waals surface area contributed by atoms with Gasteiger partial charge in [0.05, 0.1) is 30.3 Å². The van der Waals surface area contributed by atoms with Crippen molar-refractivity contribution in [3.05, 3.63) is 30.3 Å². The Morgan fingerprint density at radius 3 is 2.66 bits per heavy atom. The number of aromatic nitrogens is 1. The van der Waals surface area contributed by atoms with Gasteiger partial charge in [-0.25, -0.2) is 21.6 Å². The molecular weight excluding hydrogens is 614 g/mol. The van der Waals surface area contributed by atoms with Crippen LogP contribution in [0.15, 0.2) is 40.1 Å². The molecule has 3 aliphatic rings. The standard InChI is InChI=1S/C28H41N5O9S2/c1-4-39-27-25(15-24-26(31-27)40-13-12-32(24)3)44(37,38)33-10-8-28(9-11-33)16-20(18-42-28)30-17-21(34)19-41-22-6-5-7-23(14-22)43(35,36)29-2/h5-7,14-15,20-21,29-30,34H,4,8-13,16-19H2,1-3H3/t20-,21-/m0/s1. The van der Waals surface area contributed by atoms with Crippen LogP contribution in [0, 0.1) is 0 Å². The van der Waals surface area contributed by atoms with E-state index < -0.39 is 31.8 Å². The molecule has 0 radical (unpaired) electrons. The molecule has 44 heavy (non-hydrogen) atoms. The summed E-state index contributed by atoms with van der Waals surface area (Å²) >= 11 is 0. The summed E-state index contributed by atoms with van der Waals surface area (Å²) in [5.74, 6) is 0.745. The monoisotopic (exact) mass is 655 g/mol. The van der Waals surface area contributed by atoms with Gasteiger partial charge in [-0.15, -0.1) is 0 Å². The van der Waals surface area contributed by atoms with Crippen LogP contribution in [0.5, 0.6) is 17.5 Å². The van der Waals surface area contributed by atoms with E-state index in [0.717, 1.165) is 0 Å². The quantitative estimate of drug-likeness (QED) is 0.291. The lowest BCUT2D eigenvalue weighted by atomic mass is 9.88. The number of ether oxygens (including phenoxy) is 4. The molecule has 1 aromatic heterocycles. The van der Waals surface area contributed by atoms with Gasteiger partial charge in [0, 0.05) is 38.8 Å². The summed E-state index contributed by atoms with van der Waals surface area (Å²) in [6.45, 7) is 4.40. The Hall–Kier alpha value is -2.73. The second-order valence-corrected chi connectivity index (χ2v) is 15.0. The number of nitrogens with one attached hydrogen (secondary N) is 2. The topological polar surface area (TPSA) is 169 Å². The van der Waals surface area contributed by atoms with Crippen LogP contribution in [0.3, 0.4) is 0 Å². The Bertz CT molecular complexity index is 1530. The Kier molecular flexibility index (Phi) is 9.89. The first-order chi connectivity index (χ1) is 21.0. The Morgan fingerprint density at radius 2 is 1.93 bits per heavy atom. The fourth-order valence-corrected chi connectivity index (χ4v) is 7.95. The van der Waals surface area contributed by atoms with E-state index in [2.05, 4.69) is 15.0 Å². The normalized spacial score (nSPS) is 21.1. The number of benzene rings is 1. The Morgan fingerprint density at radius 1 is 1.16 bits per heavy atom. The number of anilines is 1. The summed E-state index contributed by atoms with van der Waals surface area (Å²) in [7, 11) is -4.28. The minimum absolute atomic E-state index is 0.0122. The maximum atomic E-state index is 13.8. The molecule has 2 aromatic rings. The van der Waals surface area contributed by atoms with Gasteiger partial charge in [0.1, 0.15) is 35.7 Å². The highest BCUT2D eigenvalue weighted by Gasteiger charge is 2.45. The molecule has 3 N–H and O–H groups in total. The highest BCUT2D eigenvalue weighted by molar-refractivity contribution is 7.89. The fourth-order valence-electron chi connectivity index (χ4n) is 5.66. The van der Waals surface area contributed by atoms with Crippen molar-refractivity contribution >= 4 is 25.7 Å². The maximum absolute atomic E-state index is 13.8. The first-order valence-electron chi connectivity index (χ1n) is 14.7. The van der Waals surface area contributed by atoms with Crippen LogP contribution in [-0.4, -0.2) is 116 Å². The lowest BCUT2D eigenvalue weighted by Gasteiger charge is -2.38. The second-order valence-electron chi connectivity index (χ2n) is 11.2. The first-order valence-corrected chi connectivity index (χ1v) is 17.6. The maximum Gasteiger partial charge on any atom is 0.248 e. The van der Waals surface area contributed by atoms with E-state index in [1.807, 2.05) is 11.9 Å². The van der Waals surface area contributed by atoms with Crippen LogP contribution >= 0.6 is 0 Å². The van der Waals surface area contributed by atoms with Gasteiger partial charge in [-0.05, 0) is 51.4 Å². The molecule has 0 unspecified atom stereocenters. The van der Waals surface area contributed by atoms with Crippen LogP contribution in [0.2, 0.25) is 0 Å². The van der Waals surface area contributed by atoms with E-state index in [4.69, 9.17) is 18.9 Å². The predicted octanol–water partition coefficient (Wildman–Crippen LogP) is 0.559. The molecule has 1 aromatic carbocycles. The van der Waals surface area contributed by atoms with Crippen molar-refractivity contribution in [1.29, 1.82) is 0 Å². The number of piperidine rings is 1. The smallest absolute Gasteiger partial charge is 0.248 e. The van der Waals surface area contributed by atoms with Crippen LogP contribution in [0.25, 0.3) is 0 Å². The molecule has 2 fully saturated rings. The third-order valence-electron chi connectivity index (χ3n) is 8.19. The van der Waals surface area contributed by atoms with E-state index in [0.29, 0.717) is 69.4 Å². The zero-order valence-corrected chi connectivity index (χ0v) is 26.8. The number of hydrogen-bond acceptors (Lipinski definition) is 12. The third kappa shape index (κ3) is 7.06. The zero-order valence-electron chi connectivity index (χ0n) is 25.2. The van der Waals surface area contributed by atoms with Gasteiger partial charge in [-0.1, -0.05) is 6.07 Å². The van der Waals surface area contributed by atoms with Crippen molar-refractivity contribution < 1.29 is 40.9 Å². The number of nitrogens with zero attached hydrogens (tertiary/aromatic N) is 3. The van der Waals surface area contributed by atoms with E-state index >= 15 is 0 Å². The van der Waals surface area contributed by atoms with Gasteiger partial charge in [0.25, 0.3) is 0 Å². The molecule has 0 aliphatic carbocycles. The highest BCUT2D eigenvalue weighted by Crippen LogP contribution is 2.40. The molecule has 1 spiro atoms. The largest absolute Gasteiger partial charge is 0.491 e. The average Bonchev–Trinajstić information content (AvgIpc) is 3.41. The van der Waals surface area contributed by atoms with Crippen molar-refractivity contribution in [2.24, 2.45) is 0 Å². The SMILES string of the molecule is CCOc1nc2c(cc1S(=O)(=O)N1CCC3(CC1)C[C@H](NC[C@H](O)COc1cccc(S(=O)(=O)NC)c1)CO3)N(C)CCO2. The lowest BCUT2D eigenvalue weighted by Crippen LogP contribution is -2.47. The number of fused-ring (bicyclic) bond motifs is 1. The van der Waals surface area contributed by atoms with E-state index in [1.54, 1.807) is 25.1 Å². The molecule has 2 saturated heterocycles. The minimum Gasteiger partial charge on any atom is -0.491 e. The molecule has 14 nitrogen and oxygen atoms in total. The average molecular weight is 656 g/mol. The molecule has 0 bridgehead atoms. The molecule has 0 amide bonds. The second kappa shape index (κ2) is 13.3. The summed E-state index contributed by atoms with van der Waals surface area (Å²) in [5.41, 5.74) is 0.164. The molecule has 0 saturated carbocycles. The lowest BCUT2D eigenvalue weighted by molar-refractivity contribution is -0.0312. The van der Waals surface area contributed by atoms with Crippen molar-refractivity contribution in [3.8, 4) is 17.5 Å².